The van der Waals surface area contributed by atoms with E-state index in [0.29, 0.717) is 5.02 Å². The van der Waals surface area contributed by atoms with Crippen molar-refractivity contribution in [2.75, 3.05) is 0 Å². The predicted octanol–water partition coefficient (Wildman–Crippen LogP) is 14.2. The Kier molecular flexibility index (Phi) is 6.31. The molecule has 0 amide bonds. The van der Waals surface area contributed by atoms with Crippen molar-refractivity contribution in [3.63, 3.8) is 0 Å². The highest BCUT2D eigenvalue weighted by molar-refractivity contribution is 6.34. The normalized spacial score (nSPS) is 11.9. The minimum absolute atomic E-state index is 0.693. The van der Waals surface area contributed by atoms with E-state index in [2.05, 4.69) is 138 Å². The third-order valence-electron chi connectivity index (χ3n) is 10.5. The number of rotatable bonds is 4. The molecule has 8 aromatic carbocycles. The van der Waals surface area contributed by atoms with E-state index in [1.54, 1.807) is 0 Å². The molecule has 4 heteroatoms. The summed E-state index contributed by atoms with van der Waals surface area (Å²) in [4.78, 5) is 0. The van der Waals surface area contributed by atoms with Crippen LogP contribution in [-0.4, -0.2) is 4.57 Å². The Morgan fingerprint density at radius 1 is 0.404 bits per heavy atom. The molecule has 0 aliphatic carbocycles. The van der Waals surface area contributed by atoms with Gasteiger partial charge in [-0.3, -0.25) is 0 Å². The number of para-hydroxylation sites is 3. The number of aromatic nitrogens is 1. The Morgan fingerprint density at radius 2 is 1.12 bits per heavy atom. The lowest BCUT2D eigenvalue weighted by molar-refractivity contribution is 0.669. The Balaban J connectivity index is 1.25. The minimum Gasteiger partial charge on any atom is -0.456 e. The van der Waals surface area contributed by atoms with Crippen molar-refractivity contribution in [1.29, 1.82) is 0 Å². The number of halogens is 1. The van der Waals surface area contributed by atoms with Crippen LogP contribution in [0.5, 0.6) is 0 Å². The van der Waals surface area contributed by atoms with E-state index in [1.807, 2.05) is 36.4 Å². The van der Waals surface area contributed by atoms with Crippen LogP contribution in [-0.2, 0) is 0 Å². The monoisotopic (exact) mass is 685 g/mol. The summed E-state index contributed by atoms with van der Waals surface area (Å²) in [5.74, 6) is 0. The molecule has 0 aliphatic heterocycles. The SMILES string of the molecule is Clc1ccc(-c2ccccc2)cc1-c1ccc(-n2c3ccccc3c3ccc4c5ccccc5oc4c32)cc1-c1cccc2oc3ccccc3c12. The summed E-state index contributed by atoms with van der Waals surface area (Å²) in [6.45, 7) is 0. The van der Waals surface area contributed by atoms with Crippen molar-refractivity contribution in [2.45, 2.75) is 0 Å². The van der Waals surface area contributed by atoms with Crippen molar-refractivity contribution in [1.82, 2.24) is 4.57 Å². The summed E-state index contributed by atoms with van der Waals surface area (Å²) in [5, 5.41) is 7.38. The fourth-order valence-corrected chi connectivity index (χ4v) is 8.39. The largest absolute Gasteiger partial charge is 0.456 e. The maximum atomic E-state index is 7.13. The van der Waals surface area contributed by atoms with Gasteiger partial charge in [-0.15, -0.1) is 0 Å². The second-order valence-corrected chi connectivity index (χ2v) is 13.8. The van der Waals surface area contributed by atoms with E-state index in [-0.39, 0.29) is 0 Å². The highest BCUT2D eigenvalue weighted by atomic mass is 35.5. The van der Waals surface area contributed by atoms with Gasteiger partial charge in [0.15, 0.2) is 5.58 Å². The first-order valence-corrected chi connectivity index (χ1v) is 17.8. The molecule has 52 heavy (non-hydrogen) atoms. The van der Waals surface area contributed by atoms with Gasteiger partial charge < -0.3 is 13.4 Å². The first kappa shape index (κ1) is 29.2. The van der Waals surface area contributed by atoms with Crippen molar-refractivity contribution in [3.05, 3.63) is 175 Å². The topological polar surface area (TPSA) is 31.2 Å². The third-order valence-corrected chi connectivity index (χ3v) is 10.8. The molecule has 244 valence electrons. The van der Waals surface area contributed by atoms with Crippen LogP contribution in [0.2, 0.25) is 5.02 Å². The molecule has 0 atom stereocenters. The van der Waals surface area contributed by atoms with Gasteiger partial charge in [0.05, 0.1) is 11.0 Å². The molecule has 3 aromatic heterocycles. The molecule has 0 aliphatic rings. The van der Waals surface area contributed by atoms with Gasteiger partial charge in [-0.05, 0) is 82.4 Å². The smallest absolute Gasteiger partial charge is 0.160 e. The highest BCUT2D eigenvalue weighted by Gasteiger charge is 2.22. The Hall–Kier alpha value is -6.55. The average molecular weight is 686 g/mol. The quantitative estimate of drug-likeness (QED) is 0.185. The lowest BCUT2D eigenvalue weighted by Crippen LogP contribution is -1.97. The predicted molar refractivity (Wildman–Crippen MR) is 217 cm³/mol. The van der Waals surface area contributed by atoms with E-state index in [1.165, 1.54) is 5.39 Å². The van der Waals surface area contributed by atoms with Crippen LogP contribution >= 0.6 is 11.6 Å². The van der Waals surface area contributed by atoms with Crippen molar-refractivity contribution < 1.29 is 8.83 Å². The molecule has 0 saturated heterocycles. The number of fused-ring (bicyclic) bond motifs is 10. The molecule has 3 nitrogen and oxygen atoms in total. The van der Waals surface area contributed by atoms with Crippen LogP contribution in [0, 0.1) is 0 Å². The van der Waals surface area contributed by atoms with Crippen LogP contribution in [0.4, 0.5) is 0 Å². The van der Waals surface area contributed by atoms with Gasteiger partial charge in [0.1, 0.15) is 16.7 Å². The van der Waals surface area contributed by atoms with Crippen LogP contribution in [0.25, 0.3) is 105 Å². The van der Waals surface area contributed by atoms with Gasteiger partial charge in [-0.1, -0.05) is 127 Å². The number of benzene rings is 8. The van der Waals surface area contributed by atoms with Gasteiger partial charge in [-0.25, -0.2) is 0 Å². The zero-order valence-corrected chi connectivity index (χ0v) is 28.6. The Labute approximate surface area is 303 Å². The lowest BCUT2D eigenvalue weighted by Gasteiger charge is -2.17. The van der Waals surface area contributed by atoms with E-state index in [4.69, 9.17) is 20.4 Å². The van der Waals surface area contributed by atoms with E-state index in [0.717, 1.165) is 99.4 Å². The summed E-state index contributed by atoms with van der Waals surface area (Å²) < 4.78 is 15.5. The van der Waals surface area contributed by atoms with Crippen LogP contribution < -0.4 is 0 Å². The minimum atomic E-state index is 0.693. The van der Waals surface area contributed by atoms with Gasteiger partial charge in [0.2, 0.25) is 0 Å². The molecule has 11 rings (SSSR count). The van der Waals surface area contributed by atoms with Crippen LogP contribution in [0.1, 0.15) is 0 Å². The van der Waals surface area contributed by atoms with E-state index >= 15 is 0 Å². The number of nitrogens with zero attached hydrogens (tertiary/aromatic N) is 1. The summed E-state index contributed by atoms with van der Waals surface area (Å²) in [6, 6.07) is 59.4. The van der Waals surface area contributed by atoms with Gasteiger partial charge >= 0.3 is 0 Å². The summed E-state index contributed by atoms with van der Waals surface area (Å²) in [6.07, 6.45) is 0. The van der Waals surface area contributed by atoms with Crippen molar-refractivity contribution >= 4 is 77.3 Å². The molecule has 0 saturated carbocycles. The molecule has 0 N–H and O–H groups in total. The van der Waals surface area contributed by atoms with Crippen molar-refractivity contribution in [3.8, 4) is 39.1 Å². The average Bonchev–Trinajstić information content (AvgIpc) is 3.88. The third kappa shape index (κ3) is 4.27. The molecule has 0 unspecified atom stereocenters. The van der Waals surface area contributed by atoms with Crippen molar-refractivity contribution in [2.24, 2.45) is 0 Å². The van der Waals surface area contributed by atoms with Gasteiger partial charge in [0.25, 0.3) is 0 Å². The Morgan fingerprint density at radius 3 is 1.98 bits per heavy atom. The second-order valence-electron chi connectivity index (χ2n) is 13.4. The second kappa shape index (κ2) is 11.2. The molecule has 0 spiro atoms. The number of hydrogen-bond donors (Lipinski definition) is 0. The first-order chi connectivity index (χ1) is 25.7. The van der Waals surface area contributed by atoms with E-state index < -0.39 is 0 Å². The molecular weight excluding hydrogens is 658 g/mol. The fourth-order valence-electron chi connectivity index (χ4n) is 8.17. The molecule has 3 heterocycles. The zero-order valence-electron chi connectivity index (χ0n) is 27.8. The molecule has 11 aromatic rings. The summed E-state index contributed by atoms with van der Waals surface area (Å²) in [7, 11) is 0. The standard InChI is InChI=1S/C48H28ClNO2/c49-41-26-21-30(29-11-2-1-3-12-29)27-40(41)32-23-22-31(28-39(32)35-16-10-20-45-46(35)38-15-6-9-19-44(38)51-45)50-42-17-7-4-13-33(42)36-24-25-37-34-14-5-8-18-43(34)52-48(37)47(36)50/h1-28H. The molecule has 0 fully saturated rings. The maximum absolute atomic E-state index is 7.13. The highest BCUT2D eigenvalue weighted by Crippen LogP contribution is 2.46. The van der Waals surface area contributed by atoms with Crippen LogP contribution in [0.15, 0.2) is 179 Å². The van der Waals surface area contributed by atoms with Gasteiger partial charge in [-0.2, -0.15) is 0 Å². The van der Waals surface area contributed by atoms with Gasteiger partial charge in [0, 0.05) is 48.6 Å². The molecular formula is C48H28ClNO2. The summed E-state index contributed by atoms with van der Waals surface area (Å²) >= 11 is 7.13. The molecule has 0 radical (unpaired) electrons. The number of furan rings is 2. The van der Waals surface area contributed by atoms with E-state index in [9.17, 15) is 0 Å². The molecule has 0 bridgehead atoms. The Bertz CT molecular complexity index is 3200. The van der Waals surface area contributed by atoms with Crippen LogP contribution in [0.3, 0.4) is 0 Å². The lowest BCUT2D eigenvalue weighted by atomic mass is 9.90. The summed E-state index contributed by atoms with van der Waals surface area (Å²) in [5.41, 5.74) is 13.0. The first-order valence-electron chi connectivity index (χ1n) is 17.4. The zero-order chi connectivity index (χ0) is 34.3. The maximum Gasteiger partial charge on any atom is 0.160 e. The fraction of sp³-hybridized carbons (Fsp3) is 0. The number of hydrogen-bond acceptors (Lipinski definition) is 2.